The van der Waals surface area contributed by atoms with Gasteiger partial charge in [-0.3, -0.25) is 9.98 Å². The number of halogens is 2. The van der Waals surface area contributed by atoms with Crippen LogP contribution in [0.4, 0.5) is 11.4 Å². The molecule has 0 unspecified atom stereocenters. The fourth-order valence-electron chi connectivity index (χ4n) is 3.20. The molecule has 6 heteroatoms. The molecule has 172 valence electrons. The van der Waals surface area contributed by atoms with E-state index in [0.717, 1.165) is 34.0 Å². The number of nitrogens with zero attached hydrogens (tertiary/aromatic N) is 2. The van der Waals surface area contributed by atoms with E-state index in [1.807, 2.05) is 12.4 Å². The Labute approximate surface area is 211 Å². The van der Waals surface area contributed by atoms with Gasteiger partial charge in [-0.25, -0.2) is 0 Å². The molecule has 0 aliphatic carbocycles. The molecule has 0 bridgehead atoms. The number of hydrogen-bond acceptors (Lipinski definition) is 3. The van der Waals surface area contributed by atoms with Gasteiger partial charge in [-0.1, -0.05) is 63.1 Å². The molecule has 2 nitrogen and oxygen atoms in total. The van der Waals surface area contributed by atoms with Crippen molar-refractivity contribution in [2.75, 3.05) is 0 Å². The molecule has 0 fully saturated rings. The fourth-order valence-corrected chi connectivity index (χ4v) is 3.96. The van der Waals surface area contributed by atoms with Crippen molar-refractivity contribution in [2.24, 2.45) is 9.98 Å². The Balaban J connectivity index is 0.00000114. The quantitative estimate of drug-likeness (QED) is 0.185. The standard InChI is InChI=1S/C26H30N2S.2ClH.Fe/c1-3-5-11-21-13-7-9-15-25(21)27-19-23-17-18-24(29-23)20-28-26-16-10-8-14-22(26)12-6-4-2;;;/h7-10,13-20H,3-6,11-12H2,1-2H3;2*1H;/q;;;+2/p-2. The van der Waals surface area contributed by atoms with Crippen LogP contribution in [0.3, 0.4) is 0 Å². The molecule has 0 saturated carbocycles. The first kappa shape index (κ1) is 26.8. The molecule has 0 aliphatic rings. The number of thiophene rings is 1. The third-order valence-electron chi connectivity index (χ3n) is 4.89. The number of aliphatic imine (C=N–C) groups is 2. The summed E-state index contributed by atoms with van der Waals surface area (Å²) in [7, 11) is 9.53. The zero-order chi connectivity index (χ0) is 23.0. The van der Waals surface area contributed by atoms with E-state index in [0.29, 0.717) is 0 Å². The van der Waals surface area contributed by atoms with Crippen LogP contribution in [0, 0.1) is 0 Å². The summed E-state index contributed by atoms with van der Waals surface area (Å²) in [6.45, 7) is 4.45. The second-order valence-electron chi connectivity index (χ2n) is 7.27. The molecule has 0 radical (unpaired) electrons. The first-order valence-corrected chi connectivity index (χ1v) is 14.8. The molecular formula is C26H30Cl2FeN2S. The van der Waals surface area contributed by atoms with E-state index in [1.165, 1.54) is 36.8 Å². The molecule has 3 rings (SSSR count). The Morgan fingerprint density at radius 3 is 1.53 bits per heavy atom. The van der Waals surface area contributed by atoms with Crippen LogP contribution >= 0.6 is 31.5 Å². The van der Waals surface area contributed by atoms with E-state index in [1.54, 1.807) is 11.3 Å². The third kappa shape index (κ3) is 9.60. The van der Waals surface area contributed by atoms with Gasteiger partial charge in [0.05, 0.1) is 11.4 Å². The zero-order valence-electron chi connectivity index (χ0n) is 18.6. The third-order valence-corrected chi connectivity index (χ3v) is 5.85. The molecule has 0 amide bonds. The number of rotatable bonds is 10. The summed E-state index contributed by atoms with van der Waals surface area (Å²) in [5, 5.41) is 0. The maximum absolute atomic E-state index is 4.76. The minimum absolute atomic E-state index is 0.194. The molecule has 0 spiro atoms. The van der Waals surface area contributed by atoms with Crippen LogP contribution in [0.1, 0.15) is 60.4 Å². The number of benzene rings is 2. The van der Waals surface area contributed by atoms with Crippen molar-refractivity contribution < 1.29 is 13.1 Å². The summed E-state index contributed by atoms with van der Waals surface area (Å²) in [5.74, 6) is 0. The van der Waals surface area contributed by atoms with Gasteiger partial charge < -0.3 is 0 Å². The number of aryl methyl sites for hydroxylation is 2. The Kier molecular flexibility index (Phi) is 13.6. The van der Waals surface area contributed by atoms with Crippen molar-refractivity contribution in [2.45, 2.75) is 52.4 Å². The molecule has 0 atom stereocenters. The fraction of sp³-hybridized carbons (Fsp3) is 0.308. The molecule has 0 aliphatic heterocycles. The zero-order valence-corrected chi connectivity index (χ0v) is 22.0. The van der Waals surface area contributed by atoms with Crippen LogP contribution in [0.2, 0.25) is 0 Å². The molecular weight excluding hydrogens is 499 g/mol. The topological polar surface area (TPSA) is 24.7 Å². The van der Waals surface area contributed by atoms with Crippen molar-refractivity contribution in [3.8, 4) is 0 Å². The Bertz CT molecular complexity index is 909. The predicted molar refractivity (Wildman–Crippen MR) is 141 cm³/mol. The summed E-state index contributed by atoms with van der Waals surface area (Å²) < 4.78 is 0. The molecule has 1 aromatic heterocycles. The Morgan fingerprint density at radius 1 is 0.719 bits per heavy atom. The Hall–Kier alpha value is -1.42. The molecule has 0 saturated heterocycles. The van der Waals surface area contributed by atoms with Crippen molar-refractivity contribution in [3.05, 3.63) is 81.5 Å². The molecule has 2 aromatic carbocycles. The molecule has 1 heterocycles. The normalized spacial score (nSPS) is 11.2. The monoisotopic (exact) mass is 528 g/mol. The van der Waals surface area contributed by atoms with Crippen molar-refractivity contribution in [3.63, 3.8) is 0 Å². The van der Waals surface area contributed by atoms with Crippen LogP contribution < -0.4 is 0 Å². The van der Waals surface area contributed by atoms with Gasteiger partial charge in [0.2, 0.25) is 0 Å². The first-order valence-electron chi connectivity index (χ1n) is 10.9. The van der Waals surface area contributed by atoms with Crippen molar-refractivity contribution in [1.29, 1.82) is 0 Å². The van der Waals surface area contributed by atoms with Gasteiger partial charge in [-0.2, -0.15) is 0 Å². The molecule has 3 aromatic rings. The average Bonchev–Trinajstić information content (AvgIpc) is 3.28. The van der Waals surface area contributed by atoms with Gasteiger partial charge in [0.25, 0.3) is 0 Å². The average molecular weight is 529 g/mol. The van der Waals surface area contributed by atoms with Gasteiger partial charge in [0.1, 0.15) is 0 Å². The summed E-state index contributed by atoms with van der Waals surface area (Å²) in [6.07, 6.45) is 10.9. The van der Waals surface area contributed by atoms with E-state index in [4.69, 9.17) is 30.2 Å². The van der Waals surface area contributed by atoms with Gasteiger partial charge >= 0.3 is 33.3 Å². The van der Waals surface area contributed by atoms with Gasteiger partial charge in [-0.05, 0) is 61.1 Å². The van der Waals surface area contributed by atoms with E-state index in [9.17, 15) is 0 Å². The maximum atomic E-state index is 4.76. The minimum atomic E-state index is 0.194. The van der Waals surface area contributed by atoms with Crippen molar-refractivity contribution in [1.82, 2.24) is 0 Å². The second kappa shape index (κ2) is 16.2. The van der Waals surface area contributed by atoms with E-state index in [2.05, 4.69) is 74.5 Å². The molecule has 32 heavy (non-hydrogen) atoms. The van der Waals surface area contributed by atoms with Crippen LogP contribution in [-0.4, -0.2) is 12.4 Å². The van der Waals surface area contributed by atoms with Crippen LogP contribution in [0.25, 0.3) is 0 Å². The van der Waals surface area contributed by atoms with E-state index >= 15 is 0 Å². The van der Waals surface area contributed by atoms with Gasteiger partial charge in [-0.15, -0.1) is 11.3 Å². The number of para-hydroxylation sites is 2. The van der Waals surface area contributed by atoms with E-state index < -0.39 is 0 Å². The van der Waals surface area contributed by atoms with E-state index in [-0.39, 0.29) is 13.1 Å². The number of hydrogen-bond donors (Lipinski definition) is 0. The van der Waals surface area contributed by atoms with Gasteiger partial charge in [0, 0.05) is 22.2 Å². The summed E-state index contributed by atoms with van der Waals surface area (Å²) >= 11 is 1.91. The predicted octanol–water partition coefficient (Wildman–Crippen LogP) is 9.31. The van der Waals surface area contributed by atoms with Crippen LogP contribution in [0.15, 0.2) is 70.6 Å². The summed E-state index contributed by atoms with van der Waals surface area (Å²) in [6, 6.07) is 21.1. The van der Waals surface area contributed by atoms with Gasteiger partial charge in [0.15, 0.2) is 0 Å². The number of unbranched alkanes of at least 4 members (excludes halogenated alkanes) is 2. The van der Waals surface area contributed by atoms with Crippen LogP contribution in [-0.2, 0) is 26.0 Å². The Morgan fingerprint density at radius 2 is 1.12 bits per heavy atom. The summed E-state index contributed by atoms with van der Waals surface area (Å²) in [4.78, 5) is 11.8. The molecule has 0 N–H and O–H groups in total. The van der Waals surface area contributed by atoms with Crippen molar-refractivity contribution >= 4 is 55.3 Å². The SMILES string of the molecule is CCCCc1ccccc1N=Cc1ccc(C=Nc2ccccc2CCCC)s1.[Cl][Fe][Cl]. The van der Waals surface area contributed by atoms with Crippen LogP contribution in [0.5, 0.6) is 0 Å². The first-order chi connectivity index (χ1) is 15.7. The second-order valence-corrected chi connectivity index (χ2v) is 10.2. The summed E-state index contributed by atoms with van der Waals surface area (Å²) in [5.41, 5.74) is 4.81.